The van der Waals surface area contributed by atoms with Crippen LogP contribution in [0.15, 0.2) is 223 Å². The van der Waals surface area contributed by atoms with E-state index in [0.717, 1.165) is 60.2 Å². The summed E-state index contributed by atoms with van der Waals surface area (Å²) in [4.78, 5) is 89.8. The van der Waals surface area contributed by atoms with Gasteiger partial charge in [-0.15, -0.1) is 0 Å². The van der Waals surface area contributed by atoms with E-state index in [1.165, 1.54) is 11.3 Å². The van der Waals surface area contributed by atoms with Crippen molar-refractivity contribution in [2.24, 2.45) is 5.41 Å². The van der Waals surface area contributed by atoms with Gasteiger partial charge >= 0.3 is 23.9 Å². The summed E-state index contributed by atoms with van der Waals surface area (Å²) in [6, 6.07) is 65.8. The number of aromatic nitrogens is 2. The van der Waals surface area contributed by atoms with Gasteiger partial charge in [-0.3, -0.25) is 38.7 Å². The zero-order valence-corrected chi connectivity index (χ0v) is 72.9. The van der Waals surface area contributed by atoms with Gasteiger partial charge in [0.2, 0.25) is 38.0 Å². The molecule has 10 aromatic rings. The molecule has 0 unspecified atom stereocenters. The molecule has 0 bridgehead atoms. The Morgan fingerprint density at radius 2 is 0.673 bits per heavy atom. The lowest BCUT2D eigenvalue weighted by Crippen LogP contribution is -2.37. The molecule has 0 saturated carbocycles. The molecule has 1 aromatic heterocycles. The Hall–Kier alpha value is -7.91. The summed E-state index contributed by atoms with van der Waals surface area (Å²) in [5, 5.41) is 10.1. The van der Waals surface area contributed by atoms with Crippen LogP contribution in [0.5, 0.6) is 0 Å². The van der Waals surface area contributed by atoms with Gasteiger partial charge in [0.1, 0.15) is 19.8 Å². The molecule has 9 aromatic carbocycles. The zero-order chi connectivity index (χ0) is 81.7. The van der Waals surface area contributed by atoms with Crippen LogP contribution in [0.25, 0.3) is 0 Å². The van der Waals surface area contributed by atoms with Gasteiger partial charge in [0.15, 0.2) is 8.29 Å². The molecule has 0 saturated heterocycles. The van der Waals surface area contributed by atoms with Crippen molar-refractivity contribution in [3.63, 3.8) is 0 Å². The van der Waals surface area contributed by atoms with Gasteiger partial charge in [0.05, 0.1) is 37.7 Å². The molecular formula is C87H93N2O14P3S7. The number of aryl methyl sites for hydroxylation is 6. The van der Waals surface area contributed by atoms with Crippen LogP contribution in [0.3, 0.4) is 0 Å². The van der Waals surface area contributed by atoms with E-state index in [1.807, 2.05) is 163 Å². The number of hydrogen-bond acceptors (Lipinski definition) is 22. The molecule has 0 atom stereocenters. The Morgan fingerprint density at radius 1 is 0.416 bits per heavy atom. The van der Waals surface area contributed by atoms with Gasteiger partial charge in [-0.2, -0.15) is 53.9 Å². The predicted octanol–water partition coefficient (Wildman–Crippen LogP) is 18.3. The molecule has 592 valence electrons. The van der Waals surface area contributed by atoms with Crippen LogP contribution in [0.4, 0.5) is 0 Å². The summed E-state index contributed by atoms with van der Waals surface area (Å²) < 4.78 is 66.1. The van der Waals surface area contributed by atoms with Crippen molar-refractivity contribution in [1.29, 1.82) is 0 Å². The van der Waals surface area contributed by atoms with Gasteiger partial charge in [-0.1, -0.05) is 241 Å². The Balaban J connectivity index is 0.000000219. The Kier molecular flexibility index (Phi) is 35.5. The monoisotopic (exact) mass is 1710 g/mol. The second-order valence-electron chi connectivity index (χ2n) is 26.9. The number of carbonyl (C=O) groups excluding carboxylic acids is 7. The number of nitrogens with zero attached hydrogens (tertiary/aromatic N) is 1. The lowest BCUT2D eigenvalue weighted by molar-refractivity contribution is -0.160. The minimum absolute atomic E-state index is 0.0842. The minimum Gasteiger partial charge on any atom is -0.466 e. The van der Waals surface area contributed by atoms with Crippen LogP contribution < -0.4 is 31.8 Å². The highest BCUT2D eigenvalue weighted by atomic mass is 32.2. The molecule has 0 amide bonds. The van der Waals surface area contributed by atoms with Crippen molar-refractivity contribution in [1.82, 2.24) is 10.2 Å². The first kappa shape index (κ1) is 90.6. The third kappa shape index (κ3) is 24.8. The number of H-pyrrole nitrogens is 1. The van der Waals surface area contributed by atoms with Gasteiger partial charge in [0, 0.05) is 88.8 Å². The number of hydrogen-bond donors (Lipinski definition) is 3. The van der Waals surface area contributed by atoms with Crippen molar-refractivity contribution in [3.05, 3.63) is 289 Å². The topological polar surface area (TPSA) is 236 Å². The normalized spacial score (nSPS) is 11.4. The number of ether oxygens (including phenoxy) is 4. The standard InChI is InChI=1S/C36H43O8PS3.C27H29O4PS.C24H21N2O2PS3/c1-26-20-28(21-27(2)34(26)35(40)45(41,29-10-6-4-7-11-29)30-12-8-5-9-13-30)22-48-19-16-33(39)44-25-36(3,23-42-31(37)14-17-46)24-43-32(38)15-18-47;1-4-31-25(28)15-16-33-19-22-17-20(2)26(21(3)18-22)27(29)32(30,23-11-7-5-8-12-23)24-13-9-6-10-14-24;1-16-13-18(15-31-24-26-25-23(30)32-24)14-17(2)21(16)22(27)29(28,19-9-5-3-6-10-19)20-11-7-4-8-12-20/h4-13,20-21,46-47H,14-19,22-25H2,1-3H3;5-14,17-18H,4,15-16,19H2,1-3H3;3-14H,15H2,1-2H3,(H,25,30). The van der Waals surface area contributed by atoms with Crippen LogP contribution in [0.2, 0.25) is 0 Å². The highest BCUT2D eigenvalue weighted by Gasteiger charge is 2.41. The second-order valence-corrected chi connectivity index (χ2v) is 40.9. The summed E-state index contributed by atoms with van der Waals surface area (Å²) >= 11 is 19.4. The fraction of sp³-hybridized carbons (Fsp3) is 0.276. The first-order valence-electron chi connectivity index (χ1n) is 36.5. The van der Waals surface area contributed by atoms with Crippen molar-refractivity contribution >= 4 is 178 Å². The smallest absolute Gasteiger partial charge is 0.306 e. The van der Waals surface area contributed by atoms with Crippen molar-refractivity contribution < 1.29 is 66.2 Å². The number of carbonyl (C=O) groups is 7. The van der Waals surface area contributed by atoms with Crippen LogP contribution >= 0.6 is 106 Å². The van der Waals surface area contributed by atoms with Crippen LogP contribution in [0, 0.1) is 50.9 Å². The van der Waals surface area contributed by atoms with Gasteiger partial charge in [-0.05, 0) is 118 Å². The molecule has 16 nitrogen and oxygen atoms in total. The molecule has 26 heteroatoms. The lowest BCUT2D eigenvalue weighted by atomic mass is 9.94. The third-order valence-electron chi connectivity index (χ3n) is 17.9. The largest absolute Gasteiger partial charge is 0.466 e. The highest BCUT2D eigenvalue weighted by Crippen LogP contribution is 2.51. The van der Waals surface area contributed by atoms with E-state index >= 15 is 0 Å². The second kappa shape index (κ2) is 44.3. The van der Waals surface area contributed by atoms with E-state index in [2.05, 4.69) is 35.5 Å². The van der Waals surface area contributed by atoms with E-state index in [9.17, 15) is 47.3 Å². The fourth-order valence-corrected chi connectivity index (χ4v) is 24.5. The Bertz CT molecular complexity index is 4910. The maximum Gasteiger partial charge on any atom is 0.306 e. The molecule has 0 spiro atoms. The molecule has 0 aliphatic carbocycles. The number of benzene rings is 9. The van der Waals surface area contributed by atoms with E-state index in [-0.39, 0.29) is 56.1 Å². The quantitative estimate of drug-likeness (QED) is 0.00629. The lowest BCUT2D eigenvalue weighted by Gasteiger charge is -2.28. The molecule has 0 aliphatic rings. The highest BCUT2D eigenvalue weighted by molar-refractivity contribution is 8.00. The summed E-state index contributed by atoms with van der Waals surface area (Å²) in [6.45, 7) is 15.0. The van der Waals surface area contributed by atoms with Gasteiger partial charge in [-0.25, -0.2) is 0 Å². The van der Waals surface area contributed by atoms with E-state index in [4.69, 9.17) is 31.2 Å². The molecule has 0 aliphatic heterocycles. The molecule has 10 rings (SSSR count). The van der Waals surface area contributed by atoms with Crippen LogP contribution in [-0.2, 0) is 69.1 Å². The summed E-state index contributed by atoms with van der Waals surface area (Å²) in [6.07, 6.45) is 0.793. The number of esters is 4. The zero-order valence-electron chi connectivity index (χ0n) is 64.3. The molecule has 0 fully saturated rings. The predicted molar refractivity (Wildman–Crippen MR) is 473 cm³/mol. The van der Waals surface area contributed by atoms with Crippen LogP contribution in [0.1, 0.15) is 121 Å². The molecule has 0 radical (unpaired) electrons. The first-order valence-corrected chi connectivity index (χ1v) is 47.4. The van der Waals surface area contributed by atoms with E-state index < -0.39 is 50.3 Å². The maximum absolute atomic E-state index is 14.6. The number of nitrogens with one attached hydrogen (secondary N) is 1. The van der Waals surface area contributed by atoms with Gasteiger partial charge < -0.3 is 32.6 Å². The number of thioether (sulfide) groups is 3. The fourth-order valence-electron chi connectivity index (χ4n) is 12.5. The minimum atomic E-state index is -3.64. The van der Waals surface area contributed by atoms with Crippen molar-refractivity contribution in [3.8, 4) is 0 Å². The van der Waals surface area contributed by atoms with Crippen molar-refractivity contribution in [2.45, 2.75) is 103 Å². The van der Waals surface area contributed by atoms with Crippen LogP contribution in [-0.4, -0.2) is 100 Å². The van der Waals surface area contributed by atoms with Crippen molar-refractivity contribution in [2.75, 3.05) is 49.4 Å². The average Bonchev–Trinajstić information content (AvgIpc) is 1.41. The first-order chi connectivity index (χ1) is 54.2. The Morgan fingerprint density at radius 3 is 0.920 bits per heavy atom. The van der Waals surface area contributed by atoms with Gasteiger partial charge in [0.25, 0.3) is 0 Å². The Labute approximate surface area is 695 Å². The average molecular weight is 1710 g/mol. The maximum atomic E-state index is 14.6. The number of thiol groups is 2. The third-order valence-corrected chi connectivity index (χ3v) is 31.2. The number of aromatic amines is 1. The molecule has 1 N–H and O–H groups in total. The summed E-state index contributed by atoms with van der Waals surface area (Å²) in [5.74, 6) is 2.38. The van der Waals surface area contributed by atoms with E-state index in [0.29, 0.717) is 100 Å². The SMILES string of the molecule is CCOC(=O)CCSCc1cc(C)c(C(=O)P(=O)(c2ccccc2)c2ccccc2)c(C)c1.Cc1cc(CSCCC(=O)OCC(C)(COC(=O)CCS)COC(=O)CCS)cc(C)c1C(=O)P(=O)(c1ccccc1)c1ccccc1.Cc1cc(CSc2n[nH]c(=S)s2)cc(C)c1C(=O)P(=O)(c1ccccc1)c1ccccc1. The summed E-state index contributed by atoms with van der Waals surface area (Å²) in [7, 11) is -10.7. The molecule has 1 heterocycles. The molecular weight excluding hydrogens is 1610 g/mol. The number of rotatable bonds is 36. The van der Waals surface area contributed by atoms with E-state index in [1.54, 1.807) is 146 Å². The summed E-state index contributed by atoms with van der Waals surface area (Å²) in [5.41, 5.74) is 7.44. The molecule has 113 heavy (non-hydrogen) atoms.